The predicted octanol–water partition coefficient (Wildman–Crippen LogP) is 2.02. The summed E-state index contributed by atoms with van der Waals surface area (Å²) in [6.07, 6.45) is 3.29. The van der Waals surface area contributed by atoms with Crippen LogP contribution in [0.15, 0.2) is 6.07 Å². The van der Waals surface area contributed by atoms with Crippen LogP contribution in [0.3, 0.4) is 0 Å². The first-order valence-electron chi connectivity index (χ1n) is 8.02. The molecule has 5 nitrogen and oxygen atoms in total. The van der Waals surface area contributed by atoms with Crippen molar-refractivity contribution >= 4 is 11.7 Å². The van der Waals surface area contributed by atoms with Gasteiger partial charge in [-0.15, -0.1) is 0 Å². The molecule has 0 bridgehead atoms. The van der Waals surface area contributed by atoms with Crippen molar-refractivity contribution in [1.82, 2.24) is 9.88 Å². The quantitative estimate of drug-likeness (QED) is 0.838. The summed E-state index contributed by atoms with van der Waals surface area (Å²) in [6.45, 7) is 6.87. The number of anilines is 1. The third-order valence-corrected chi connectivity index (χ3v) is 4.78. The van der Waals surface area contributed by atoms with Crippen molar-refractivity contribution in [2.24, 2.45) is 5.92 Å². The highest BCUT2D eigenvalue weighted by molar-refractivity contribution is 5.80. The third-order valence-electron chi connectivity index (χ3n) is 4.78. The molecule has 0 aromatic carbocycles. The van der Waals surface area contributed by atoms with Crippen molar-refractivity contribution < 1.29 is 4.79 Å². The van der Waals surface area contributed by atoms with E-state index in [1.54, 1.807) is 0 Å². The lowest BCUT2D eigenvalue weighted by atomic mass is 9.84. The van der Waals surface area contributed by atoms with Crippen molar-refractivity contribution in [1.29, 1.82) is 5.26 Å². The van der Waals surface area contributed by atoms with Crippen molar-refractivity contribution in [2.75, 3.05) is 31.1 Å². The predicted molar refractivity (Wildman–Crippen MR) is 84.6 cm³/mol. The molecule has 2 aliphatic rings. The van der Waals surface area contributed by atoms with Crippen LogP contribution >= 0.6 is 0 Å². The molecule has 0 N–H and O–H groups in total. The number of nitriles is 1. The van der Waals surface area contributed by atoms with Gasteiger partial charge in [-0.25, -0.2) is 4.98 Å². The Morgan fingerprint density at radius 3 is 2.50 bits per heavy atom. The van der Waals surface area contributed by atoms with Crippen LogP contribution in [0.1, 0.15) is 36.1 Å². The van der Waals surface area contributed by atoms with E-state index >= 15 is 0 Å². The minimum atomic E-state index is 0.264. The van der Waals surface area contributed by atoms with E-state index in [9.17, 15) is 10.1 Å². The van der Waals surface area contributed by atoms with Crippen LogP contribution in [0.2, 0.25) is 0 Å². The Kier molecular flexibility index (Phi) is 4.02. The number of hydrogen-bond acceptors (Lipinski definition) is 4. The Hall–Kier alpha value is -2.09. The molecule has 1 aliphatic heterocycles. The Morgan fingerprint density at radius 2 is 1.95 bits per heavy atom. The molecule has 116 valence electrons. The summed E-state index contributed by atoms with van der Waals surface area (Å²) in [4.78, 5) is 21.0. The first-order chi connectivity index (χ1) is 10.6. The van der Waals surface area contributed by atoms with E-state index in [2.05, 4.69) is 16.0 Å². The van der Waals surface area contributed by atoms with E-state index in [0.29, 0.717) is 11.5 Å². The maximum Gasteiger partial charge on any atom is 0.225 e. The standard InChI is InChI=1S/C17H22N4O/c1-12-10-13(2)19-16(15(12)11-18)20-6-8-21(9-7-20)17(22)14-4-3-5-14/h10,14H,3-9H2,1-2H3. The molecule has 2 fully saturated rings. The number of piperazine rings is 1. The second-order valence-corrected chi connectivity index (χ2v) is 6.33. The van der Waals surface area contributed by atoms with Gasteiger partial charge in [0.05, 0.1) is 5.56 Å². The first kappa shape index (κ1) is 14.8. The molecule has 1 aliphatic carbocycles. The van der Waals surface area contributed by atoms with Gasteiger partial charge >= 0.3 is 0 Å². The SMILES string of the molecule is Cc1cc(C)c(C#N)c(N2CCN(C(=O)C3CCC3)CC2)n1. The topological polar surface area (TPSA) is 60.2 Å². The Morgan fingerprint density at radius 1 is 1.27 bits per heavy atom. The monoisotopic (exact) mass is 298 g/mol. The summed E-state index contributed by atoms with van der Waals surface area (Å²) in [5.41, 5.74) is 2.56. The molecule has 1 saturated carbocycles. The molecule has 22 heavy (non-hydrogen) atoms. The van der Waals surface area contributed by atoms with E-state index in [4.69, 9.17) is 0 Å². The molecule has 2 heterocycles. The molecular weight excluding hydrogens is 276 g/mol. The van der Waals surface area contributed by atoms with Crippen LogP contribution in [-0.4, -0.2) is 42.0 Å². The molecule has 0 spiro atoms. The van der Waals surface area contributed by atoms with E-state index in [-0.39, 0.29) is 5.92 Å². The van der Waals surface area contributed by atoms with E-state index in [0.717, 1.165) is 56.1 Å². The fourth-order valence-electron chi connectivity index (χ4n) is 3.24. The van der Waals surface area contributed by atoms with Crippen molar-refractivity contribution in [3.8, 4) is 6.07 Å². The van der Waals surface area contributed by atoms with Gasteiger partial charge in [-0.05, 0) is 38.3 Å². The maximum absolute atomic E-state index is 12.3. The number of hydrogen-bond donors (Lipinski definition) is 0. The van der Waals surface area contributed by atoms with Gasteiger partial charge in [0.15, 0.2) is 0 Å². The van der Waals surface area contributed by atoms with Gasteiger partial charge in [-0.3, -0.25) is 4.79 Å². The van der Waals surface area contributed by atoms with Crippen molar-refractivity contribution in [3.63, 3.8) is 0 Å². The molecule has 0 unspecified atom stereocenters. The van der Waals surface area contributed by atoms with E-state index < -0.39 is 0 Å². The average molecular weight is 298 g/mol. The lowest BCUT2D eigenvalue weighted by molar-refractivity contribution is -0.138. The molecule has 1 aromatic rings. The second kappa shape index (κ2) is 5.96. The van der Waals surface area contributed by atoms with Gasteiger partial charge in [0.1, 0.15) is 11.9 Å². The third kappa shape index (κ3) is 2.66. The zero-order chi connectivity index (χ0) is 15.7. The zero-order valence-corrected chi connectivity index (χ0v) is 13.3. The largest absolute Gasteiger partial charge is 0.352 e. The van der Waals surface area contributed by atoms with Crippen LogP contribution < -0.4 is 4.90 Å². The normalized spacial score (nSPS) is 18.8. The van der Waals surface area contributed by atoms with Crippen LogP contribution in [0.5, 0.6) is 0 Å². The fraction of sp³-hybridized carbons (Fsp3) is 0.588. The van der Waals surface area contributed by atoms with Gasteiger partial charge in [0.25, 0.3) is 0 Å². The molecule has 0 atom stereocenters. The van der Waals surface area contributed by atoms with E-state index in [1.165, 1.54) is 6.42 Å². The number of amides is 1. The van der Waals surface area contributed by atoms with E-state index in [1.807, 2.05) is 24.8 Å². The van der Waals surface area contributed by atoms with Crippen molar-refractivity contribution in [2.45, 2.75) is 33.1 Å². The first-order valence-corrected chi connectivity index (χ1v) is 8.02. The minimum Gasteiger partial charge on any atom is -0.352 e. The maximum atomic E-state index is 12.3. The van der Waals surface area contributed by atoms with Crippen LogP contribution in [0.4, 0.5) is 5.82 Å². The summed E-state index contributed by atoms with van der Waals surface area (Å²) in [5, 5.41) is 9.39. The van der Waals surface area contributed by atoms with Crippen LogP contribution in [0.25, 0.3) is 0 Å². The lowest BCUT2D eigenvalue weighted by Crippen LogP contribution is -2.51. The highest BCUT2D eigenvalue weighted by atomic mass is 16.2. The average Bonchev–Trinajstić information content (AvgIpc) is 2.45. The number of nitrogens with zero attached hydrogens (tertiary/aromatic N) is 4. The van der Waals surface area contributed by atoms with Crippen LogP contribution in [0, 0.1) is 31.1 Å². The number of aryl methyl sites for hydroxylation is 2. The number of carbonyl (C=O) groups is 1. The number of rotatable bonds is 2. The summed E-state index contributed by atoms with van der Waals surface area (Å²) < 4.78 is 0. The zero-order valence-electron chi connectivity index (χ0n) is 13.3. The summed E-state index contributed by atoms with van der Waals surface area (Å²) in [5.74, 6) is 1.36. The molecule has 3 rings (SSSR count). The van der Waals surface area contributed by atoms with Gasteiger partial charge in [0.2, 0.25) is 5.91 Å². The Bertz CT molecular complexity index is 622. The Balaban J connectivity index is 1.71. The minimum absolute atomic E-state index is 0.264. The van der Waals surface area contributed by atoms with Crippen LogP contribution in [-0.2, 0) is 4.79 Å². The van der Waals surface area contributed by atoms with Gasteiger partial charge in [-0.1, -0.05) is 6.42 Å². The molecule has 0 radical (unpaired) electrons. The van der Waals surface area contributed by atoms with Crippen molar-refractivity contribution in [3.05, 3.63) is 22.9 Å². The lowest BCUT2D eigenvalue weighted by Gasteiger charge is -2.39. The highest BCUT2D eigenvalue weighted by Gasteiger charge is 2.31. The number of pyridine rings is 1. The smallest absolute Gasteiger partial charge is 0.225 e. The molecule has 1 amide bonds. The number of carbonyl (C=O) groups excluding carboxylic acids is 1. The van der Waals surface area contributed by atoms with Gasteiger partial charge < -0.3 is 9.80 Å². The summed E-state index contributed by atoms with van der Waals surface area (Å²) in [6, 6.07) is 4.22. The second-order valence-electron chi connectivity index (χ2n) is 6.33. The molecular formula is C17H22N4O. The van der Waals surface area contributed by atoms with Gasteiger partial charge in [0, 0.05) is 37.8 Å². The summed E-state index contributed by atoms with van der Waals surface area (Å²) in [7, 11) is 0. The molecule has 1 saturated heterocycles. The molecule has 5 heteroatoms. The van der Waals surface area contributed by atoms with Gasteiger partial charge in [-0.2, -0.15) is 5.26 Å². The summed E-state index contributed by atoms with van der Waals surface area (Å²) >= 11 is 0. The molecule has 1 aromatic heterocycles. The number of aromatic nitrogens is 1. The highest BCUT2D eigenvalue weighted by Crippen LogP contribution is 2.29. The fourth-order valence-corrected chi connectivity index (χ4v) is 3.24. The Labute approximate surface area is 131 Å².